The van der Waals surface area contributed by atoms with E-state index in [1.54, 1.807) is 24.1 Å². The Bertz CT molecular complexity index is 954. The van der Waals surface area contributed by atoms with Crippen LogP contribution in [0.4, 0.5) is 11.4 Å². The quantitative estimate of drug-likeness (QED) is 0.699. The fourth-order valence-electron chi connectivity index (χ4n) is 3.40. The number of para-hydroxylation sites is 2. The molecular weight excluding hydrogens is 398 g/mol. The topological polar surface area (TPSA) is 71.0 Å². The molecule has 1 aliphatic heterocycles. The number of methoxy groups -OCH3 is 1. The van der Waals surface area contributed by atoms with Gasteiger partial charge < -0.3 is 10.1 Å². The lowest BCUT2D eigenvalue weighted by molar-refractivity contribution is -0.128. The lowest BCUT2D eigenvalue weighted by Gasteiger charge is -2.15. The Kier molecular flexibility index (Phi) is 7.15. The summed E-state index contributed by atoms with van der Waals surface area (Å²) in [5.41, 5.74) is 3.66. The first-order valence-electron chi connectivity index (χ1n) is 9.99. The van der Waals surface area contributed by atoms with Gasteiger partial charge >= 0.3 is 0 Å². The van der Waals surface area contributed by atoms with Crippen molar-refractivity contribution in [3.05, 3.63) is 53.6 Å². The Morgan fingerprint density at radius 1 is 1.20 bits per heavy atom. The van der Waals surface area contributed by atoms with Gasteiger partial charge in [-0.1, -0.05) is 36.9 Å². The summed E-state index contributed by atoms with van der Waals surface area (Å²) in [6, 6.07) is 13.3. The van der Waals surface area contributed by atoms with Gasteiger partial charge in [0.25, 0.3) is 0 Å². The Labute approximate surface area is 181 Å². The Balaban J connectivity index is 1.76. The molecule has 0 saturated carbocycles. The molecule has 0 aromatic heterocycles. The van der Waals surface area contributed by atoms with Crippen LogP contribution in [0.15, 0.2) is 47.5 Å². The highest BCUT2D eigenvalue weighted by molar-refractivity contribution is 8.15. The third kappa shape index (κ3) is 5.21. The number of nitrogens with one attached hydrogen (secondary N) is 1. The summed E-state index contributed by atoms with van der Waals surface area (Å²) < 4.78 is 5.27. The Hall–Kier alpha value is -2.80. The third-order valence-electron chi connectivity index (χ3n) is 4.65. The number of thioether (sulfide) groups is 1. The van der Waals surface area contributed by atoms with Crippen molar-refractivity contribution in [2.75, 3.05) is 19.0 Å². The van der Waals surface area contributed by atoms with Gasteiger partial charge in [0.2, 0.25) is 11.8 Å². The van der Waals surface area contributed by atoms with Crippen molar-refractivity contribution in [1.29, 1.82) is 0 Å². The molecule has 0 radical (unpaired) electrons. The molecule has 1 heterocycles. The zero-order valence-corrected chi connectivity index (χ0v) is 18.6. The van der Waals surface area contributed by atoms with Gasteiger partial charge in [-0.25, -0.2) is 4.99 Å². The van der Waals surface area contributed by atoms with E-state index in [4.69, 9.17) is 9.73 Å². The number of carbonyl (C=O) groups is 2. The van der Waals surface area contributed by atoms with Crippen LogP contribution in [0.25, 0.3) is 0 Å². The Morgan fingerprint density at radius 3 is 2.57 bits per heavy atom. The Morgan fingerprint density at radius 2 is 1.90 bits per heavy atom. The molecule has 1 atom stereocenters. The summed E-state index contributed by atoms with van der Waals surface area (Å²) in [6.07, 6.45) is 0.895. The molecule has 0 aliphatic carbocycles. The number of carbonyl (C=O) groups excluding carboxylic acids is 2. The normalized spacial score (nSPS) is 17.5. The summed E-state index contributed by atoms with van der Waals surface area (Å²) >= 11 is 1.36. The molecule has 2 aromatic carbocycles. The van der Waals surface area contributed by atoms with E-state index in [2.05, 4.69) is 11.4 Å². The van der Waals surface area contributed by atoms with Crippen LogP contribution in [-0.4, -0.2) is 40.8 Å². The molecule has 2 amide bonds. The average molecular weight is 426 g/mol. The molecule has 0 unspecified atom stereocenters. The number of rotatable bonds is 7. The first-order valence-corrected chi connectivity index (χ1v) is 10.9. The van der Waals surface area contributed by atoms with E-state index < -0.39 is 5.25 Å². The minimum absolute atomic E-state index is 0.0693. The highest BCUT2D eigenvalue weighted by Crippen LogP contribution is 2.33. The van der Waals surface area contributed by atoms with Crippen molar-refractivity contribution in [2.24, 2.45) is 4.99 Å². The number of amides is 2. The second-order valence-corrected chi connectivity index (χ2v) is 8.46. The molecule has 1 saturated heterocycles. The molecule has 0 spiro atoms. The van der Waals surface area contributed by atoms with Crippen molar-refractivity contribution < 1.29 is 14.3 Å². The fourth-order valence-corrected chi connectivity index (χ4v) is 4.58. The lowest BCUT2D eigenvalue weighted by atomic mass is 10.1. The number of benzene rings is 2. The predicted octanol–water partition coefficient (Wildman–Crippen LogP) is 4.68. The zero-order valence-electron chi connectivity index (χ0n) is 17.8. The number of hydrogen-bond acceptors (Lipinski definition) is 5. The minimum atomic E-state index is -0.490. The summed E-state index contributed by atoms with van der Waals surface area (Å²) in [7, 11) is 1.56. The molecule has 30 heavy (non-hydrogen) atoms. The number of anilines is 1. The first-order chi connectivity index (χ1) is 14.4. The van der Waals surface area contributed by atoms with E-state index >= 15 is 0 Å². The molecule has 1 aliphatic rings. The van der Waals surface area contributed by atoms with E-state index in [1.165, 1.54) is 11.8 Å². The predicted molar refractivity (Wildman–Crippen MR) is 123 cm³/mol. The summed E-state index contributed by atoms with van der Waals surface area (Å²) in [5, 5.41) is 3.01. The van der Waals surface area contributed by atoms with Crippen LogP contribution in [-0.2, 0) is 9.59 Å². The van der Waals surface area contributed by atoms with Crippen molar-refractivity contribution >= 4 is 40.1 Å². The van der Waals surface area contributed by atoms with Gasteiger partial charge in [-0.3, -0.25) is 14.5 Å². The molecular formula is C23H27N3O3S. The van der Waals surface area contributed by atoms with Gasteiger partial charge in [0.15, 0.2) is 5.17 Å². The van der Waals surface area contributed by atoms with Crippen LogP contribution in [0, 0.1) is 13.8 Å². The second kappa shape index (κ2) is 9.80. The number of nitrogens with zero attached hydrogens (tertiary/aromatic N) is 2. The maximum absolute atomic E-state index is 13.0. The molecule has 3 rings (SSSR count). The maximum atomic E-state index is 13.0. The molecule has 1 N–H and O–H groups in total. The van der Waals surface area contributed by atoms with Gasteiger partial charge in [0.05, 0.1) is 18.5 Å². The highest BCUT2D eigenvalue weighted by atomic mass is 32.2. The molecule has 6 nitrogen and oxygen atoms in total. The highest BCUT2D eigenvalue weighted by Gasteiger charge is 2.38. The second-order valence-electron chi connectivity index (χ2n) is 7.29. The minimum Gasteiger partial charge on any atom is -0.495 e. The monoisotopic (exact) mass is 425 g/mol. The van der Waals surface area contributed by atoms with E-state index in [0.717, 1.165) is 23.2 Å². The zero-order chi connectivity index (χ0) is 21.7. The molecule has 0 bridgehead atoms. The van der Waals surface area contributed by atoms with Gasteiger partial charge in [-0.2, -0.15) is 0 Å². The number of ether oxygens (including phenoxy) is 1. The lowest BCUT2D eigenvalue weighted by Crippen LogP contribution is -2.34. The standard InChI is InChI=1S/C23H27N3O3S/c1-5-10-26-22(28)20(14-21(27)25-18-8-6-7-9-19(18)29-4)30-23(26)24-17-12-15(2)11-16(3)13-17/h6-9,11-13,20H,5,10,14H2,1-4H3,(H,25,27)/t20-/m0/s1. The number of aryl methyl sites for hydroxylation is 2. The molecule has 7 heteroatoms. The average Bonchev–Trinajstić information content (AvgIpc) is 2.96. The number of amidine groups is 1. The van der Waals surface area contributed by atoms with E-state index in [9.17, 15) is 9.59 Å². The van der Waals surface area contributed by atoms with Crippen molar-refractivity contribution in [3.63, 3.8) is 0 Å². The largest absolute Gasteiger partial charge is 0.495 e. The SMILES string of the molecule is CCCN1C(=O)[C@H](CC(=O)Nc2ccccc2OC)SC1=Nc1cc(C)cc(C)c1. The third-order valence-corrected chi connectivity index (χ3v) is 5.83. The van der Waals surface area contributed by atoms with E-state index in [1.807, 2.05) is 45.0 Å². The van der Waals surface area contributed by atoms with Gasteiger partial charge in [-0.05, 0) is 55.7 Å². The molecule has 2 aromatic rings. The summed E-state index contributed by atoms with van der Waals surface area (Å²) in [5.74, 6) is 0.288. The van der Waals surface area contributed by atoms with Crippen LogP contribution < -0.4 is 10.1 Å². The van der Waals surface area contributed by atoms with Crippen molar-refractivity contribution in [2.45, 2.75) is 38.9 Å². The van der Waals surface area contributed by atoms with Crippen molar-refractivity contribution in [1.82, 2.24) is 4.90 Å². The summed E-state index contributed by atoms with van der Waals surface area (Å²) in [6.45, 7) is 6.66. The van der Waals surface area contributed by atoms with Crippen LogP contribution in [0.5, 0.6) is 5.75 Å². The van der Waals surface area contributed by atoms with Crippen LogP contribution in [0.1, 0.15) is 30.9 Å². The van der Waals surface area contributed by atoms with Crippen LogP contribution in [0.3, 0.4) is 0 Å². The molecule has 158 valence electrons. The number of aliphatic imine (C=N–C) groups is 1. The van der Waals surface area contributed by atoms with Crippen LogP contribution in [0.2, 0.25) is 0 Å². The van der Waals surface area contributed by atoms with Crippen LogP contribution >= 0.6 is 11.8 Å². The smallest absolute Gasteiger partial charge is 0.242 e. The summed E-state index contributed by atoms with van der Waals surface area (Å²) in [4.78, 5) is 32.0. The first kappa shape index (κ1) is 21.9. The number of hydrogen-bond donors (Lipinski definition) is 1. The maximum Gasteiger partial charge on any atom is 0.242 e. The van der Waals surface area contributed by atoms with E-state index in [-0.39, 0.29) is 18.2 Å². The van der Waals surface area contributed by atoms with Gasteiger partial charge in [0.1, 0.15) is 11.0 Å². The van der Waals surface area contributed by atoms with E-state index in [0.29, 0.717) is 23.1 Å². The van der Waals surface area contributed by atoms with Gasteiger partial charge in [-0.15, -0.1) is 0 Å². The van der Waals surface area contributed by atoms with Gasteiger partial charge in [0, 0.05) is 13.0 Å². The molecule has 1 fully saturated rings. The van der Waals surface area contributed by atoms with Crippen molar-refractivity contribution in [3.8, 4) is 5.75 Å². The fraction of sp³-hybridized carbons (Fsp3) is 0.348.